The molecule has 1 rings (SSSR count). The molecule has 0 saturated heterocycles. The molecule has 1 nitrogen and oxygen atoms in total. The molecular formula is C14H23N. The normalized spacial score (nSPS) is 10.6. The van der Waals surface area contributed by atoms with E-state index >= 15 is 0 Å². The van der Waals surface area contributed by atoms with E-state index in [0.717, 1.165) is 13.1 Å². The number of unbranched alkanes of at least 4 members (excludes halogenated alkanes) is 2. The second-order valence-corrected chi connectivity index (χ2v) is 4.31. The molecule has 0 amide bonds. The molecule has 0 saturated carbocycles. The van der Waals surface area contributed by atoms with Crippen molar-refractivity contribution in [3.8, 4) is 0 Å². The molecule has 0 spiro atoms. The third-order valence-corrected chi connectivity index (χ3v) is 2.78. The molecule has 0 radical (unpaired) electrons. The van der Waals surface area contributed by atoms with Gasteiger partial charge in [0, 0.05) is 6.54 Å². The van der Waals surface area contributed by atoms with Crippen LogP contribution in [0.4, 0.5) is 0 Å². The summed E-state index contributed by atoms with van der Waals surface area (Å²) in [6.45, 7) is 8.73. The molecule has 1 heteroatoms. The van der Waals surface area contributed by atoms with Gasteiger partial charge in [0.05, 0.1) is 0 Å². The van der Waals surface area contributed by atoms with E-state index in [1.807, 2.05) is 0 Å². The fraction of sp³-hybridized carbons (Fsp3) is 0.571. The monoisotopic (exact) mass is 205 g/mol. The maximum Gasteiger partial charge on any atom is 0.0208 e. The van der Waals surface area contributed by atoms with Gasteiger partial charge in [0.2, 0.25) is 0 Å². The Morgan fingerprint density at radius 1 is 1.13 bits per heavy atom. The fourth-order valence-corrected chi connectivity index (χ4v) is 1.71. The maximum absolute atomic E-state index is 3.50. The van der Waals surface area contributed by atoms with Gasteiger partial charge in [-0.2, -0.15) is 0 Å². The average molecular weight is 205 g/mol. The van der Waals surface area contributed by atoms with Crippen LogP contribution in [0.2, 0.25) is 0 Å². The van der Waals surface area contributed by atoms with Crippen molar-refractivity contribution in [3.05, 3.63) is 34.9 Å². The predicted octanol–water partition coefficient (Wildman–Crippen LogP) is 3.58. The highest BCUT2D eigenvalue weighted by Crippen LogP contribution is 2.10. The molecule has 0 aliphatic heterocycles. The molecule has 0 bridgehead atoms. The highest BCUT2D eigenvalue weighted by Gasteiger charge is 1.97. The summed E-state index contributed by atoms with van der Waals surface area (Å²) in [6.07, 6.45) is 3.92. The lowest BCUT2D eigenvalue weighted by Crippen LogP contribution is -2.15. The molecule has 1 aromatic carbocycles. The summed E-state index contributed by atoms with van der Waals surface area (Å²) in [4.78, 5) is 0. The Bertz CT molecular complexity index is 291. The molecule has 0 aliphatic rings. The van der Waals surface area contributed by atoms with E-state index in [-0.39, 0.29) is 0 Å². The van der Waals surface area contributed by atoms with Crippen LogP contribution in [-0.4, -0.2) is 6.54 Å². The van der Waals surface area contributed by atoms with E-state index in [0.29, 0.717) is 0 Å². The van der Waals surface area contributed by atoms with E-state index in [4.69, 9.17) is 0 Å². The Morgan fingerprint density at radius 2 is 1.93 bits per heavy atom. The van der Waals surface area contributed by atoms with Crippen LogP contribution >= 0.6 is 0 Å². The number of hydrogen-bond donors (Lipinski definition) is 1. The molecule has 15 heavy (non-hydrogen) atoms. The largest absolute Gasteiger partial charge is 0.313 e. The van der Waals surface area contributed by atoms with Crippen molar-refractivity contribution in [2.75, 3.05) is 6.54 Å². The molecule has 1 N–H and O–H groups in total. The van der Waals surface area contributed by atoms with Gasteiger partial charge in [-0.05, 0) is 37.9 Å². The molecule has 0 unspecified atom stereocenters. The first-order chi connectivity index (χ1) is 7.24. The molecule has 0 aliphatic carbocycles. The van der Waals surface area contributed by atoms with Gasteiger partial charge in [-0.25, -0.2) is 0 Å². The SMILES string of the molecule is CCCCCNCc1cc(C)ccc1C. The van der Waals surface area contributed by atoms with E-state index in [1.54, 1.807) is 0 Å². The van der Waals surface area contributed by atoms with Gasteiger partial charge in [0.15, 0.2) is 0 Å². The lowest BCUT2D eigenvalue weighted by molar-refractivity contribution is 0.615. The van der Waals surface area contributed by atoms with Crippen LogP contribution in [0, 0.1) is 13.8 Å². The minimum atomic E-state index is 1.01. The molecule has 84 valence electrons. The summed E-state index contributed by atoms with van der Waals surface area (Å²) in [5.74, 6) is 0. The van der Waals surface area contributed by atoms with Crippen LogP contribution in [0.25, 0.3) is 0 Å². The summed E-state index contributed by atoms with van der Waals surface area (Å²) in [5, 5.41) is 3.50. The quantitative estimate of drug-likeness (QED) is 0.700. The van der Waals surface area contributed by atoms with Gasteiger partial charge < -0.3 is 5.32 Å². The van der Waals surface area contributed by atoms with Crippen LogP contribution < -0.4 is 5.32 Å². The van der Waals surface area contributed by atoms with Crippen molar-refractivity contribution in [3.63, 3.8) is 0 Å². The highest BCUT2D eigenvalue weighted by molar-refractivity contribution is 5.30. The van der Waals surface area contributed by atoms with Gasteiger partial charge >= 0.3 is 0 Å². The minimum absolute atomic E-state index is 1.01. The first kappa shape index (κ1) is 12.3. The van der Waals surface area contributed by atoms with Gasteiger partial charge in [0.25, 0.3) is 0 Å². The van der Waals surface area contributed by atoms with Gasteiger partial charge in [0.1, 0.15) is 0 Å². The zero-order valence-electron chi connectivity index (χ0n) is 10.3. The van der Waals surface area contributed by atoms with Crippen LogP contribution in [0.15, 0.2) is 18.2 Å². The Morgan fingerprint density at radius 3 is 2.67 bits per heavy atom. The first-order valence-electron chi connectivity index (χ1n) is 6.01. The summed E-state index contributed by atoms with van der Waals surface area (Å²) >= 11 is 0. The summed E-state index contributed by atoms with van der Waals surface area (Å²) in [7, 11) is 0. The highest BCUT2D eigenvalue weighted by atomic mass is 14.8. The van der Waals surface area contributed by atoms with Crippen LogP contribution in [0.3, 0.4) is 0 Å². The number of nitrogens with one attached hydrogen (secondary N) is 1. The Balaban J connectivity index is 2.33. The van der Waals surface area contributed by atoms with Crippen LogP contribution in [-0.2, 0) is 6.54 Å². The molecule has 0 atom stereocenters. The van der Waals surface area contributed by atoms with Gasteiger partial charge in [-0.3, -0.25) is 0 Å². The summed E-state index contributed by atoms with van der Waals surface area (Å²) in [6, 6.07) is 6.66. The maximum atomic E-state index is 3.50. The lowest BCUT2D eigenvalue weighted by atomic mass is 10.1. The van der Waals surface area contributed by atoms with Crippen molar-refractivity contribution in [1.29, 1.82) is 0 Å². The van der Waals surface area contributed by atoms with E-state index in [9.17, 15) is 0 Å². The standard InChI is InChI=1S/C14H23N/c1-4-5-6-9-15-11-14-10-12(2)7-8-13(14)3/h7-8,10,15H,4-6,9,11H2,1-3H3. The number of benzene rings is 1. The Hall–Kier alpha value is -0.820. The molecule has 0 heterocycles. The third-order valence-electron chi connectivity index (χ3n) is 2.78. The minimum Gasteiger partial charge on any atom is -0.313 e. The number of aryl methyl sites for hydroxylation is 2. The van der Waals surface area contributed by atoms with Crippen LogP contribution in [0.5, 0.6) is 0 Å². The van der Waals surface area contributed by atoms with E-state index in [1.165, 1.54) is 36.0 Å². The van der Waals surface area contributed by atoms with Gasteiger partial charge in [-0.15, -0.1) is 0 Å². The van der Waals surface area contributed by atoms with Gasteiger partial charge in [-0.1, -0.05) is 43.5 Å². The third kappa shape index (κ3) is 4.48. The van der Waals surface area contributed by atoms with E-state index < -0.39 is 0 Å². The molecular weight excluding hydrogens is 182 g/mol. The fourth-order valence-electron chi connectivity index (χ4n) is 1.71. The second kappa shape index (κ2) is 6.62. The van der Waals surface area contributed by atoms with Crippen molar-refractivity contribution in [1.82, 2.24) is 5.32 Å². The van der Waals surface area contributed by atoms with Crippen molar-refractivity contribution >= 4 is 0 Å². The predicted molar refractivity (Wildman–Crippen MR) is 67.1 cm³/mol. The van der Waals surface area contributed by atoms with Crippen molar-refractivity contribution < 1.29 is 0 Å². The Labute approximate surface area is 93.9 Å². The molecule has 1 aromatic rings. The molecule has 0 fully saturated rings. The number of rotatable bonds is 6. The number of hydrogen-bond acceptors (Lipinski definition) is 1. The Kier molecular flexibility index (Phi) is 5.41. The molecule has 0 aromatic heterocycles. The lowest BCUT2D eigenvalue weighted by Gasteiger charge is -2.08. The van der Waals surface area contributed by atoms with Crippen LogP contribution in [0.1, 0.15) is 42.9 Å². The first-order valence-corrected chi connectivity index (χ1v) is 6.01. The summed E-state index contributed by atoms with van der Waals surface area (Å²) < 4.78 is 0. The zero-order chi connectivity index (χ0) is 11.1. The van der Waals surface area contributed by atoms with Crippen molar-refractivity contribution in [2.24, 2.45) is 0 Å². The average Bonchev–Trinajstić information content (AvgIpc) is 2.23. The van der Waals surface area contributed by atoms with Crippen molar-refractivity contribution in [2.45, 2.75) is 46.6 Å². The van der Waals surface area contributed by atoms with E-state index in [2.05, 4.69) is 44.3 Å². The topological polar surface area (TPSA) is 12.0 Å². The smallest absolute Gasteiger partial charge is 0.0208 e. The summed E-state index contributed by atoms with van der Waals surface area (Å²) in [5.41, 5.74) is 4.18. The second-order valence-electron chi connectivity index (χ2n) is 4.31. The zero-order valence-corrected chi connectivity index (χ0v) is 10.3.